The summed E-state index contributed by atoms with van der Waals surface area (Å²) in [4.78, 5) is 32.0. The van der Waals surface area contributed by atoms with Gasteiger partial charge in [-0.05, 0) is 55.9 Å². The SMILES string of the molecule is C=CCn1c(=O)c2cnc(Nc3ccc(N4CCN(C)CC4)cc3)nc2n1-c1cccc(-n2cc(C)cn2)n1. The molecule has 1 fully saturated rings. The average Bonchev–Trinajstić information content (AvgIpc) is 3.51. The predicted molar refractivity (Wildman–Crippen MR) is 152 cm³/mol. The van der Waals surface area contributed by atoms with Crippen molar-refractivity contribution in [1.29, 1.82) is 0 Å². The van der Waals surface area contributed by atoms with E-state index >= 15 is 0 Å². The smallest absolute Gasteiger partial charge is 0.278 e. The molecule has 0 radical (unpaired) electrons. The second kappa shape index (κ2) is 10.2. The van der Waals surface area contributed by atoms with E-state index < -0.39 is 0 Å². The molecule has 5 heterocycles. The standard InChI is InChI=1S/C28H30N10O/c1-4-12-37-27(39)23-18-29-28(31-21-8-10-22(11-9-21)35-15-13-34(3)14-16-35)33-26(23)38(37)25-7-5-6-24(32-25)36-19-20(2)17-30-36/h4-11,17-19H,1,12-16H2,2-3H3,(H,29,31,33). The lowest BCUT2D eigenvalue weighted by molar-refractivity contribution is 0.313. The average molecular weight is 523 g/mol. The molecule has 11 heteroatoms. The Morgan fingerprint density at radius 3 is 2.49 bits per heavy atom. The second-order valence-electron chi connectivity index (χ2n) is 9.70. The van der Waals surface area contributed by atoms with Gasteiger partial charge in [0, 0.05) is 49.9 Å². The molecule has 1 aromatic carbocycles. The second-order valence-corrected chi connectivity index (χ2v) is 9.70. The van der Waals surface area contributed by atoms with Gasteiger partial charge in [0.15, 0.2) is 17.3 Å². The van der Waals surface area contributed by atoms with Crippen LogP contribution >= 0.6 is 0 Å². The fraction of sp³-hybridized carbons (Fsp3) is 0.250. The number of fused-ring (bicyclic) bond motifs is 1. The molecule has 11 nitrogen and oxygen atoms in total. The molecule has 1 N–H and O–H groups in total. The van der Waals surface area contributed by atoms with Crippen LogP contribution in [0.15, 0.2) is 78.5 Å². The molecule has 0 amide bonds. The molecule has 39 heavy (non-hydrogen) atoms. The van der Waals surface area contributed by atoms with Crippen molar-refractivity contribution in [3.8, 4) is 11.6 Å². The van der Waals surface area contributed by atoms with E-state index in [1.165, 1.54) is 5.69 Å². The first-order valence-corrected chi connectivity index (χ1v) is 12.9. The molecule has 0 aliphatic carbocycles. The number of pyridine rings is 1. The lowest BCUT2D eigenvalue weighted by Gasteiger charge is -2.34. The van der Waals surface area contributed by atoms with E-state index in [0.29, 0.717) is 35.2 Å². The first-order valence-electron chi connectivity index (χ1n) is 12.9. The number of piperazine rings is 1. The summed E-state index contributed by atoms with van der Waals surface area (Å²) in [6.07, 6.45) is 6.90. The molecule has 198 valence electrons. The van der Waals surface area contributed by atoms with Gasteiger partial charge in [0.2, 0.25) is 5.95 Å². The van der Waals surface area contributed by atoms with E-state index in [9.17, 15) is 4.79 Å². The Morgan fingerprint density at radius 2 is 1.77 bits per heavy atom. The van der Waals surface area contributed by atoms with Crippen LogP contribution in [0.2, 0.25) is 0 Å². The van der Waals surface area contributed by atoms with Crippen molar-refractivity contribution in [1.82, 2.24) is 39.0 Å². The largest absolute Gasteiger partial charge is 0.369 e. The lowest BCUT2D eigenvalue weighted by Crippen LogP contribution is -2.44. The Balaban J connectivity index is 1.35. The van der Waals surface area contributed by atoms with Crippen LogP contribution in [0.1, 0.15) is 5.56 Å². The van der Waals surface area contributed by atoms with Gasteiger partial charge in [-0.25, -0.2) is 24.0 Å². The topological polar surface area (TPSA) is 102 Å². The highest BCUT2D eigenvalue weighted by atomic mass is 16.1. The minimum absolute atomic E-state index is 0.213. The van der Waals surface area contributed by atoms with Gasteiger partial charge in [-0.1, -0.05) is 12.1 Å². The Morgan fingerprint density at radius 1 is 1.00 bits per heavy atom. The van der Waals surface area contributed by atoms with Crippen molar-refractivity contribution in [3.63, 3.8) is 0 Å². The molecule has 0 atom stereocenters. The Kier molecular flexibility index (Phi) is 6.41. The van der Waals surface area contributed by atoms with Crippen LogP contribution in [0.5, 0.6) is 0 Å². The normalized spacial score (nSPS) is 14.2. The molecule has 5 aromatic rings. The van der Waals surface area contributed by atoms with Crippen LogP contribution in [0.3, 0.4) is 0 Å². The monoisotopic (exact) mass is 522 g/mol. The number of anilines is 3. The van der Waals surface area contributed by atoms with E-state index in [2.05, 4.69) is 51.0 Å². The Bertz CT molecular complexity index is 1690. The quantitative estimate of drug-likeness (QED) is 0.325. The summed E-state index contributed by atoms with van der Waals surface area (Å²) >= 11 is 0. The third-order valence-electron chi connectivity index (χ3n) is 6.85. The van der Waals surface area contributed by atoms with Crippen molar-refractivity contribution >= 4 is 28.4 Å². The maximum Gasteiger partial charge on any atom is 0.278 e. The fourth-order valence-corrected chi connectivity index (χ4v) is 4.75. The van der Waals surface area contributed by atoms with Gasteiger partial charge in [0.05, 0.1) is 12.7 Å². The summed E-state index contributed by atoms with van der Waals surface area (Å²) in [7, 11) is 2.15. The van der Waals surface area contributed by atoms with E-state index in [0.717, 1.165) is 37.4 Å². The van der Waals surface area contributed by atoms with Crippen molar-refractivity contribution in [2.24, 2.45) is 0 Å². The van der Waals surface area contributed by atoms with Gasteiger partial charge in [-0.2, -0.15) is 10.1 Å². The van der Waals surface area contributed by atoms with Gasteiger partial charge in [-0.15, -0.1) is 6.58 Å². The molecule has 4 aromatic heterocycles. The maximum atomic E-state index is 13.3. The number of hydrogen-bond donors (Lipinski definition) is 1. The number of nitrogens with one attached hydrogen (secondary N) is 1. The summed E-state index contributed by atoms with van der Waals surface area (Å²) in [6.45, 7) is 10.2. The van der Waals surface area contributed by atoms with Crippen LogP contribution in [0.25, 0.3) is 22.7 Å². The molecule has 1 aliphatic heterocycles. The molecule has 0 saturated carbocycles. The number of likely N-dealkylation sites (N-methyl/N-ethyl adjacent to an activating group) is 1. The number of hydrogen-bond acceptors (Lipinski definition) is 8. The summed E-state index contributed by atoms with van der Waals surface area (Å²) < 4.78 is 4.97. The number of aromatic nitrogens is 7. The van der Waals surface area contributed by atoms with Crippen LogP contribution in [-0.2, 0) is 6.54 Å². The number of aryl methyl sites for hydroxylation is 1. The minimum Gasteiger partial charge on any atom is -0.369 e. The van der Waals surface area contributed by atoms with Crippen LogP contribution in [0.4, 0.5) is 17.3 Å². The number of rotatable bonds is 7. The molecule has 0 spiro atoms. The molecule has 0 bridgehead atoms. The molecule has 6 rings (SSSR count). The molecule has 0 unspecified atom stereocenters. The molecular formula is C28H30N10O. The summed E-state index contributed by atoms with van der Waals surface area (Å²) in [6, 6.07) is 13.8. The van der Waals surface area contributed by atoms with Gasteiger partial charge >= 0.3 is 0 Å². The summed E-state index contributed by atoms with van der Waals surface area (Å²) in [5.41, 5.74) is 3.32. The highest BCUT2D eigenvalue weighted by molar-refractivity contribution is 5.77. The summed E-state index contributed by atoms with van der Waals surface area (Å²) in [5.74, 6) is 1.56. The van der Waals surface area contributed by atoms with E-state index in [4.69, 9.17) is 9.97 Å². The first kappa shape index (κ1) is 24.6. The first-order chi connectivity index (χ1) is 19.0. The maximum absolute atomic E-state index is 13.3. The highest BCUT2D eigenvalue weighted by Gasteiger charge is 2.19. The van der Waals surface area contributed by atoms with Gasteiger partial charge in [0.25, 0.3) is 5.56 Å². The highest BCUT2D eigenvalue weighted by Crippen LogP contribution is 2.22. The zero-order chi connectivity index (χ0) is 26.9. The van der Waals surface area contributed by atoms with Crippen molar-refractivity contribution < 1.29 is 0 Å². The molecular weight excluding hydrogens is 492 g/mol. The van der Waals surface area contributed by atoms with Gasteiger partial charge < -0.3 is 15.1 Å². The van der Waals surface area contributed by atoms with Crippen LogP contribution < -0.4 is 15.8 Å². The van der Waals surface area contributed by atoms with E-state index in [1.807, 2.05) is 43.5 Å². The number of benzene rings is 1. The zero-order valence-corrected chi connectivity index (χ0v) is 22.0. The zero-order valence-electron chi connectivity index (χ0n) is 22.0. The van der Waals surface area contributed by atoms with E-state index in [1.54, 1.807) is 32.5 Å². The van der Waals surface area contributed by atoms with Crippen LogP contribution in [0, 0.1) is 6.92 Å². The summed E-state index contributed by atoms with van der Waals surface area (Å²) in [5, 5.41) is 8.05. The molecule has 1 saturated heterocycles. The number of allylic oxidation sites excluding steroid dienone is 1. The predicted octanol–water partition coefficient (Wildman–Crippen LogP) is 3.15. The lowest BCUT2D eigenvalue weighted by atomic mass is 10.2. The minimum atomic E-state index is -0.213. The van der Waals surface area contributed by atoms with Crippen molar-refractivity contribution in [2.75, 3.05) is 43.4 Å². The van der Waals surface area contributed by atoms with E-state index in [-0.39, 0.29) is 5.56 Å². The van der Waals surface area contributed by atoms with Crippen LogP contribution in [-0.4, -0.2) is 72.2 Å². The third kappa shape index (κ3) is 4.79. The van der Waals surface area contributed by atoms with Gasteiger partial charge in [0.1, 0.15) is 5.39 Å². The Labute approximate surface area is 225 Å². The van der Waals surface area contributed by atoms with Crippen molar-refractivity contribution in [2.45, 2.75) is 13.5 Å². The van der Waals surface area contributed by atoms with Gasteiger partial charge in [-0.3, -0.25) is 4.79 Å². The Hall–Kier alpha value is -4.77. The molecule has 1 aliphatic rings. The fourth-order valence-electron chi connectivity index (χ4n) is 4.75. The van der Waals surface area contributed by atoms with Crippen molar-refractivity contribution in [3.05, 3.63) is 89.6 Å². The number of nitrogens with zero attached hydrogens (tertiary/aromatic N) is 9. The third-order valence-corrected chi connectivity index (χ3v) is 6.85.